The van der Waals surface area contributed by atoms with Crippen LogP contribution in [0.25, 0.3) is 0 Å². The van der Waals surface area contributed by atoms with Gasteiger partial charge in [-0.3, -0.25) is 4.90 Å². The molecule has 1 atom stereocenters. The van der Waals surface area contributed by atoms with E-state index in [0.29, 0.717) is 6.54 Å². The first kappa shape index (κ1) is 22.1. The van der Waals surface area contributed by atoms with Gasteiger partial charge < -0.3 is 15.4 Å². The third kappa shape index (κ3) is 6.19. The molecule has 1 saturated heterocycles. The van der Waals surface area contributed by atoms with Crippen LogP contribution in [0, 0.1) is 0 Å². The molecule has 3 aromatic rings. The molecule has 5 heteroatoms. The number of morpholine rings is 1. The van der Waals surface area contributed by atoms with Crippen molar-refractivity contribution in [3.8, 4) is 0 Å². The summed E-state index contributed by atoms with van der Waals surface area (Å²) in [6.07, 6.45) is 0. The Bertz CT molecular complexity index is 905. The SMILES string of the molecule is O=C(NCC(c1ccccc1)c1ccccc1)NC(CN1CCOCC1)c1ccccc1. The number of hydrogen-bond donors (Lipinski definition) is 2. The molecule has 1 aliphatic rings. The first-order valence-corrected chi connectivity index (χ1v) is 11.3. The van der Waals surface area contributed by atoms with Crippen molar-refractivity contribution in [2.75, 3.05) is 39.4 Å². The molecular formula is C27H31N3O2. The number of carbonyl (C=O) groups is 1. The summed E-state index contributed by atoms with van der Waals surface area (Å²) >= 11 is 0. The number of hydrogen-bond acceptors (Lipinski definition) is 3. The standard InChI is InChI=1S/C27H31N3O2/c31-27(28-20-25(22-10-4-1-5-11-22)23-12-6-2-7-13-23)29-26(24-14-8-3-9-15-24)21-30-16-18-32-19-17-30/h1-15,25-26H,16-21H2,(H2,28,29,31). The highest BCUT2D eigenvalue weighted by Gasteiger charge is 2.21. The van der Waals surface area contributed by atoms with E-state index in [1.54, 1.807) is 0 Å². The summed E-state index contributed by atoms with van der Waals surface area (Å²) in [5, 5.41) is 6.33. The zero-order chi connectivity index (χ0) is 22.0. The summed E-state index contributed by atoms with van der Waals surface area (Å²) < 4.78 is 5.48. The zero-order valence-electron chi connectivity index (χ0n) is 18.3. The van der Waals surface area contributed by atoms with Crippen molar-refractivity contribution in [1.29, 1.82) is 0 Å². The molecule has 0 radical (unpaired) electrons. The second-order valence-corrected chi connectivity index (χ2v) is 8.10. The summed E-state index contributed by atoms with van der Waals surface area (Å²) in [7, 11) is 0. The number of nitrogens with zero attached hydrogens (tertiary/aromatic N) is 1. The Kier molecular flexibility index (Phi) is 7.90. The normalized spacial score (nSPS) is 15.3. The van der Waals surface area contributed by atoms with Gasteiger partial charge in [0.2, 0.25) is 0 Å². The van der Waals surface area contributed by atoms with E-state index in [1.165, 1.54) is 11.1 Å². The van der Waals surface area contributed by atoms with Gasteiger partial charge in [0.05, 0.1) is 19.3 Å². The number of amides is 2. The highest BCUT2D eigenvalue weighted by Crippen LogP contribution is 2.23. The average Bonchev–Trinajstić information content (AvgIpc) is 2.86. The highest BCUT2D eigenvalue weighted by molar-refractivity contribution is 5.74. The zero-order valence-corrected chi connectivity index (χ0v) is 18.3. The van der Waals surface area contributed by atoms with E-state index in [4.69, 9.17) is 4.74 Å². The minimum absolute atomic E-state index is 0.0822. The fourth-order valence-corrected chi connectivity index (χ4v) is 4.16. The first-order valence-electron chi connectivity index (χ1n) is 11.3. The van der Waals surface area contributed by atoms with E-state index in [1.807, 2.05) is 54.6 Å². The summed E-state index contributed by atoms with van der Waals surface area (Å²) in [6.45, 7) is 4.54. The van der Waals surface area contributed by atoms with Gasteiger partial charge in [0, 0.05) is 32.1 Å². The van der Waals surface area contributed by atoms with Crippen LogP contribution in [0.4, 0.5) is 4.79 Å². The molecule has 166 valence electrons. The number of ether oxygens (including phenoxy) is 1. The van der Waals surface area contributed by atoms with Crippen LogP contribution in [0.3, 0.4) is 0 Å². The maximum Gasteiger partial charge on any atom is 0.315 e. The summed E-state index contributed by atoms with van der Waals surface area (Å²) in [5.74, 6) is 0.0950. The maximum absolute atomic E-state index is 13.0. The average molecular weight is 430 g/mol. The predicted octanol–water partition coefficient (Wildman–Crippen LogP) is 4.19. The van der Waals surface area contributed by atoms with Crippen LogP contribution >= 0.6 is 0 Å². The van der Waals surface area contributed by atoms with Crippen molar-refractivity contribution >= 4 is 6.03 Å². The Morgan fingerprint density at radius 2 is 1.28 bits per heavy atom. The molecule has 32 heavy (non-hydrogen) atoms. The van der Waals surface area contributed by atoms with Crippen molar-refractivity contribution in [3.63, 3.8) is 0 Å². The van der Waals surface area contributed by atoms with E-state index < -0.39 is 0 Å². The van der Waals surface area contributed by atoms with Gasteiger partial charge in [0.25, 0.3) is 0 Å². The van der Waals surface area contributed by atoms with E-state index in [0.717, 1.165) is 38.4 Å². The minimum atomic E-state index is -0.149. The van der Waals surface area contributed by atoms with Gasteiger partial charge in [0.1, 0.15) is 0 Å². The van der Waals surface area contributed by atoms with Crippen LogP contribution in [-0.4, -0.2) is 50.3 Å². The summed E-state index contributed by atoms with van der Waals surface area (Å²) in [5.41, 5.74) is 3.48. The van der Waals surface area contributed by atoms with Crippen LogP contribution in [0.2, 0.25) is 0 Å². The Morgan fingerprint density at radius 1 is 0.781 bits per heavy atom. The molecule has 0 aromatic heterocycles. The lowest BCUT2D eigenvalue weighted by atomic mass is 9.91. The Hall–Kier alpha value is -3.15. The van der Waals surface area contributed by atoms with E-state index in [9.17, 15) is 4.79 Å². The van der Waals surface area contributed by atoms with Gasteiger partial charge in [-0.2, -0.15) is 0 Å². The van der Waals surface area contributed by atoms with Crippen molar-refractivity contribution in [1.82, 2.24) is 15.5 Å². The topological polar surface area (TPSA) is 53.6 Å². The van der Waals surface area contributed by atoms with Gasteiger partial charge in [-0.1, -0.05) is 91.0 Å². The molecule has 1 unspecified atom stereocenters. The molecule has 1 fully saturated rings. The fraction of sp³-hybridized carbons (Fsp3) is 0.296. The van der Waals surface area contributed by atoms with Crippen molar-refractivity contribution < 1.29 is 9.53 Å². The fourth-order valence-electron chi connectivity index (χ4n) is 4.16. The molecule has 1 heterocycles. The predicted molar refractivity (Wildman–Crippen MR) is 128 cm³/mol. The van der Waals surface area contributed by atoms with Crippen molar-refractivity contribution in [2.24, 2.45) is 0 Å². The lowest BCUT2D eigenvalue weighted by Gasteiger charge is -2.31. The van der Waals surface area contributed by atoms with Crippen LogP contribution in [0.1, 0.15) is 28.7 Å². The molecule has 3 aromatic carbocycles. The van der Waals surface area contributed by atoms with Crippen LogP contribution < -0.4 is 10.6 Å². The van der Waals surface area contributed by atoms with E-state index >= 15 is 0 Å². The third-order valence-electron chi connectivity index (χ3n) is 5.92. The quantitative estimate of drug-likeness (QED) is 0.565. The molecule has 1 aliphatic heterocycles. The van der Waals surface area contributed by atoms with Gasteiger partial charge >= 0.3 is 6.03 Å². The molecule has 4 rings (SSSR count). The van der Waals surface area contributed by atoms with Crippen molar-refractivity contribution in [2.45, 2.75) is 12.0 Å². The molecule has 0 bridgehead atoms. The van der Waals surface area contributed by atoms with E-state index in [2.05, 4.69) is 51.9 Å². The molecule has 0 aliphatic carbocycles. The molecule has 2 amide bonds. The Morgan fingerprint density at radius 3 is 1.81 bits per heavy atom. The van der Waals surface area contributed by atoms with Gasteiger partial charge in [-0.25, -0.2) is 4.79 Å². The monoisotopic (exact) mass is 429 g/mol. The van der Waals surface area contributed by atoms with Crippen LogP contribution in [0.5, 0.6) is 0 Å². The van der Waals surface area contributed by atoms with Crippen LogP contribution in [0.15, 0.2) is 91.0 Å². The Balaban J connectivity index is 1.43. The smallest absolute Gasteiger partial charge is 0.315 e. The molecule has 0 saturated carbocycles. The number of benzene rings is 3. The number of nitrogens with one attached hydrogen (secondary N) is 2. The summed E-state index contributed by atoms with van der Waals surface area (Å²) in [4.78, 5) is 15.3. The largest absolute Gasteiger partial charge is 0.379 e. The molecule has 0 spiro atoms. The molecular weight excluding hydrogens is 398 g/mol. The lowest BCUT2D eigenvalue weighted by Crippen LogP contribution is -2.46. The molecule has 2 N–H and O–H groups in total. The summed E-state index contributed by atoms with van der Waals surface area (Å²) in [6, 6.07) is 30.6. The molecule has 5 nitrogen and oxygen atoms in total. The second-order valence-electron chi connectivity index (χ2n) is 8.10. The third-order valence-corrected chi connectivity index (χ3v) is 5.92. The van der Waals surface area contributed by atoms with Gasteiger partial charge in [-0.05, 0) is 16.7 Å². The van der Waals surface area contributed by atoms with Gasteiger partial charge in [0.15, 0.2) is 0 Å². The Labute approximate surface area is 190 Å². The minimum Gasteiger partial charge on any atom is -0.379 e. The second kappa shape index (κ2) is 11.5. The first-order chi connectivity index (χ1) is 15.8. The maximum atomic E-state index is 13.0. The lowest BCUT2D eigenvalue weighted by molar-refractivity contribution is 0.0340. The number of carbonyl (C=O) groups excluding carboxylic acids is 1. The number of rotatable bonds is 8. The van der Waals surface area contributed by atoms with Crippen LogP contribution in [-0.2, 0) is 4.74 Å². The number of urea groups is 1. The van der Waals surface area contributed by atoms with Gasteiger partial charge in [-0.15, -0.1) is 0 Å². The van der Waals surface area contributed by atoms with E-state index in [-0.39, 0.29) is 18.0 Å². The highest BCUT2D eigenvalue weighted by atomic mass is 16.5. The van der Waals surface area contributed by atoms with Crippen molar-refractivity contribution in [3.05, 3.63) is 108 Å².